The summed E-state index contributed by atoms with van der Waals surface area (Å²) in [4.78, 5) is 25.1. The Morgan fingerprint density at radius 3 is 1.27 bits per heavy atom. The van der Waals surface area contributed by atoms with Gasteiger partial charge in [0, 0.05) is 21.5 Å². The van der Waals surface area contributed by atoms with Crippen LogP contribution in [0.4, 0.5) is 0 Å². The molecule has 0 aliphatic heterocycles. The molecule has 2 saturated carbocycles. The summed E-state index contributed by atoms with van der Waals surface area (Å²) in [5.41, 5.74) is 0. The molecule has 2 aliphatic rings. The molecule has 2 atom stereocenters. The molecule has 0 spiro atoms. The van der Waals surface area contributed by atoms with Crippen LogP contribution in [0.25, 0.3) is 21.5 Å². The Hall–Kier alpha value is -3.28. The lowest BCUT2D eigenvalue weighted by atomic mass is 10.00. The maximum atomic E-state index is 12.6. The second-order valence-electron chi connectivity index (χ2n) is 11.7. The van der Waals surface area contributed by atoms with Gasteiger partial charge in [-0.15, -0.1) is 0 Å². The number of esters is 2. The van der Waals surface area contributed by atoms with Crippen molar-refractivity contribution in [2.24, 2.45) is 11.8 Å². The first-order valence-electron chi connectivity index (χ1n) is 15.1. The van der Waals surface area contributed by atoms with Crippen molar-refractivity contribution < 1.29 is 28.5 Å². The molecule has 2 aliphatic carbocycles. The van der Waals surface area contributed by atoms with E-state index in [9.17, 15) is 9.59 Å². The molecule has 0 amide bonds. The lowest BCUT2D eigenvalue weighted by Gasteiger charge is -2.22. The van der Waals surface area contributed by atoms with Crippen LogP contribution in [-0.2, 0) is 19.1 Å². The predicted molar refractivity (Wildman–Crippen MR) is 157 cm³/mol. The van der Waals surface area contributed by atoms with Crippen LogP contribution in [-0.4, -0.2) is 37.4 Å². The van der Waals surface area contributed by atoms with E-state index in [0.717, 1.165) is 58.7 Å². The first-order valence-corrected chi connectivity index (χ1v) is 15.1. The van der Waals surface area contributed by atoms with Crippen LogP contribution in [0.2, 0.25) is 0 Å². The fraction of sp³-hybridized carbons (Fsp3) is 0.529. The quantitative estimate of drug-likeness (QED) is 0.171. The zero-order chi connectivity index (χ0) is 27.9. The molecule has 0 saturated heterocycles. The van der Waals surface area contributed by atoms with Gasteiger partial charge in [0.15, 0.2) is 0 Å². The van der Waals surface area contributed by atoms with Crippen molar-refractivity contribution in [3.63, 3.8) is 0 Å². The number of ether oxygens (including phenoxy) is 4. The SMILES string of the molecule is CC(CC(=O)OCC1CCCC1)Oc1c2ccccc2c(OC(C)CC(=O)OCC2CCCC2)c2ccccc12. The molecule has 6 nitrogen and oxygen atoms in total. The molecule has 2 fully saturated rings. The van der Waals surface area contributed by atoms with Crippen LogP contribution in [0.1, 0.15) is 78.1 Å². The van der Waals surface area contributed by atoms with Gasteiger partial charge in [-0.1, -0.05) is 74.2 Å². The van der Waals surface area contributed by atoms with Crippen molar-refractivity contribution >= 4 is 33.5 Å². The summed E-state index contributed by atoms with van der Waals surface area (Å²) in [6, 6.07) is 15.9. The number of carbonyl (C=O) groups is 2. The van der Waals surface area contributed by atoms with Crippen molar-refractivity contribution in [1.82, 2.24) is 0 Å². The molecule has 6 heteroatoms. The monoisotopic (exact) mass is 546 g/mol. The molecule has 5 rings (SSSR count). The fourth-order valence-corrected chi connectivity index (χ4v) is 6.15. The number of rotatable bonds is 12. The summed E-state index contributed by atoms with van der Waals surface area (Å²) in [7, 11) is 0. The number of hydrogen-bond acceptors (Lipinski definition) is 6. The summed E-state index contributed by atoms with van der Waals surface area (Å²) in [6.07, 6.45) is 9.15. The molecule has 0 aromatic heterocycles. The Labute approximate surface area is 237 Å². The maximum absolute atomic E-state index is 12.6. The summed E-state index contributed by atoms with van der Waals surface area (Å²) >= 11 is 0. The summed E-state index contributed by atoms with van der Waals surface area (Å²) in [5.74, 6) is 1.99. The van der Waals surface area contributed by atoms with E-state index in [-0.39, 0.29) is 37.0 Å². The molecule has 0 heterocycles. The standard InChI is InChI=1S/C34H42O6/c1-23(19-31(35)37-21-25-11-3-4-12-25)39-33-27-15-7-9-17-29(27)34(30-18-10-8-16-28(30)33)40-24(2)20-32(36)38-22-26-13-5-6-14-26/h7-10,15-18,23-26H,3-6,11-14,19-22H2,1-2H3. The highest BCUT2D eigenvalue weighted by atomic mass is 16.5. The van der Waals surface area contributed by atoms with E-state index >= 15 is 0 Å². The first kappa shape index (κ1) is 28.3. The zero-order valence-electron chi connectivity index (χ0n) is 23.9. The second-order valence-corrected chi connectivity index (χ2v) is 11.7. The van der Waals surface area contributed by atoms with E-state index in [4.69, 9.17) is 18.9 Å². The Bertz CT molecular complexity index is 1150. The highest BCUT2D eigenvalue weighted by Gasteiger charge is 2.23. The van der Waals surface area contributed by atoms with Crippen LogP contribution in [0.3, 0.4) is 0 Å². The Balaban J connectivity index is 1.31. The van der Waals surface area contributed by atoms with Crippen molar-refractivity contribution in [2.75, 3.05) is 13.2 Å². The Morgan fingerprint density at radius 2 is 0.950 bits per heavy atom. The Morgan fingerprint density at radius 1 is 0.625 bits per heavy atom. The molecule has 40 heavy (non-hydrogen) atoms. The highest BCUT2D eigenvalue weighted by molar-refractivity contribution is 6.11. The van der Waals surface area contributed by atoms with Gasteiger partial charge < -0.3 is 18.9 Å². The highest BCUT2D eigenvalue weighted by Crippen LogP contribution is 2.43. The van der Waals surface area contributed by atoms with Crippen molar-refractivity contribution in [2.45, 2.75) is 90.3 Å². The number of fused-ring (bicyclic) bond motifs is 2. The molecular weight excluding hydrogens is 504 g/mol. The third-order valence-corrected chi connectivity index (χ3v) is 8.29. The number of hydrogen-bond donors (Lipinski definition) is 0. The molecule has 0 radical (unpaired) electrons. The topological polar surface area (TPSA) is 71.1 Å². The van der Waals surface area contributed by atoms with Gasteiger partial charge in [0.25, 0.3) is 0 Å². The van der Waals surface area contributed by atoms with Gasteiger partial charge in [-0.3, -0.25) is 9.59 Å². The van der Waals surface area contributed by atoms with Gasteiger partial charge in [0.2, 0.25) is 0 Å². The average molecular weight is 547 g/mol. The smallest absolute Gasteiger partial charge is 0.309 e. The zero-order valence-corrected chi connectivity index (χ0v) is 23.9. The van der Waals surface area contributed by atoms with Crippen LogP contribution in [0.15, 0.2) is 48.5 Å². The van der Waals surface area contributed by atoms with Gasteiger partial charge in [0.05, 0.1) is 26.1 Å². The lowest BCUT2D eigenvalue weighted by molar-refractivity contribution is -0.147. The van der Waals surface area contributed by atoms with Gasteiger partial charge in [0.1, 0.15) is 23.7 Å². The summed E-state index contributed by atoms with van der Waals surface area (Å²) in [6.45, 7) is 4.83. The van der Waals surface area contributed by atoms with E-state index in [1.807, 2.05) is 62.4 Å². The van der Waals surface area contributed by atoms with Crippen LogP contribution < -0.4 is 9.47 Å². The van der Waals surface area contributed by atoms with Crippen LogP contribution >= 0.6 is 0 Å². The summed E-state index contributed by atoms with van der Waals surface area (Å²) < 4.78 is 24.1. The maximum Gasteiger partial charge on any atom is 0.309 e. The van der Waals surface area contributed by atoms with Gasteiger partial charge in [-0.25, -0.2) is 0 Å². The number of carbonyl (C=O) groups excluding carboxylic acids is 2. The fourth-order valence-electron chi connectivity index (χ4n) is 6.15. The third kappa shape index (κ3) is 7.07. The van der Waals surface area contributed by atoms with Crippen LogP contribution in [0, 0.1) is 11.8 Å². The van der Waals surface area contributed by atoms with E-state index in [1.54, 1.807) is 0 Å². The molecule has 214 valence electrons. The third-order valence-electron chi connectivity index (χ3n) is 8.29. The van der Waals surface area contributed by atoms with E-state index in [1.165, 1.54) is 25.7 Å². The molecular formula is C34H42O6. The van der Waals surface area contributed by atoms with E-state index in [2.05, 4.69) is 0 Å². The van der Waals surface area contributed by atoms with Gasteiger partial charge in [-0.05, 0) is 51.4 Å². The average Bonchev–Trinajstić information content (AvgIpc) is 3.67. The second kappa shape index (κ2) is 13.4. The minimum Gasteiger partial charge on any atom is -0.489 e. The molecule has 3 aromatic rings. The van der Waals surface area contributed by atoms with Gasteiger partial charge in [-0.2, -0.15) is 0 Å². The van der Waals surface area contributed by atoms with Crippen molar-refractivity contribution in [1.29, 1.82) is 0 Å². The van der Waals surface area contributed by atoms with E-state index in [0.29, 0.717) is 25.0 Å². The number of benzene rings is 3. The largest absolute Gasteiger partial charge is 0.489 e. The predicted octanol–water partition coefficient (Wildman–Crippen LogP) is 7.77. The van der Waals surface area contributed by atoms with E-state index < -0.39 is 0 Å². The lowest BCUT2D eigenvalue weighted by Crippen LogP contribution is -2.21. The van der Waals surface area contributed by atoms with Crippen molar-refractivity contribution in [3.05, 3.63) is 48.5 Å². The Kier molecular flexibility index (Phi) is 9.45. The molecule has 0 N–H and O–H groups in total. The minimum atomic E-state index is -0.358. The molecule has 3 aromatic carbocycles. The summed E-state index contributed by atoms with van der Waals surface area (Å²) in [5, 5.41) is 3.61. The minimum absolute atomic E-state index is 0.188. The first-order chi connectivity index (χ1) is 19.5. The normalized spacial score (nSPS) is 17.6. The van der Waals surface area contributed by atoms with Crippen LogP contribution in [0.5, 0.6) is 11.5 Å². The molecule has 0 bridgehead atoms. The molecule has 2 unspecified atom stereocenters. The van der Waals surface area contributed by atoms with Crippen molar-refractivity contribution in [3.8, 4) is 11.5 Å². The van der Waals surface area contributed by atoms with Gasteiger partial charge >= 0.3 is 11.9 Å².